The second-order valence-electron chi connectivity index (χ2n) is 3.30. The monoisotopic (exact) mass is 193 g/mol. The van der Waals surface area contributed by atoms with Crippen LogP contribution >= 0.6 is 0 Å². The molecule has 0 fully saturated rings. The summed E-state index contributed by atoms with van der Waals surface area (Å²) >= 11 is 0. The van der Waals surface area contributed by atoms with Crippen molar-refractivity contribution in [3.8, 4) is 0 Å². The zero-order valence-electron chi connectivity index (χ0n) is 7.90. The molecule has 0 saturated heterocycles. The summed E-state index contributed by atoms with van der Waals surface area (Å²) in [4.78, 5) is 22.8. The molecule has 0 N–H and O–H groups in total. The first-order valence-electron chi connectivity index (χ1n) is 4.52. The molecular formula is C10H11NO3. The van der Waals surface area contributed by atoms with E-state index in [0.717, 1.165) is 0 Å². The van der Waals surface area contributed by atoms with E-state index in [1.807, 2.05) is 0 Å². The van der Waals surface area contributed by atoms with Crippen molar-refractivity contribution in [2.24, 2.45) is 0 Å². The van der Waals surface area contributed by atoms with Gasteiger partial charge in [-0.25, -0.2) is 4.79 Å². The number of esters is 1. The van der Waals surface area contributed by atoms with Crippen molar-refractivity contribution < 1.29 is 14.3 Å². The molecule has 0 aliphatic carbocycles. The van der Waals surface area contributed by atoms with Gasteiger partial charge in [-0.05, 0) is 18.6 Å². The van der Waals surface area contributed by atoms with Crippen LogP contribution in [-0.2, 0) is 9.53 Å². The average molecular weight is 193 g/mol. The average Bonchev–Trinajstić information content (AvgIpc) is 2.67. The van der Waals surface area contributed by atoms with Crippen LogP contribution in [0.1, 0.15) is 29.4 Å². The lowest BCUT2D eigenvalue weighted by molar-refractivity contribution is -0.144. The SMILES string of the molecule is COC(=O)[C@@H]1CCC(=O)c2cccn21. The number of rotatable bonds is 1. The van der Waals surface area contributed by atoms with Crippen LogP contribution < -0.4 is 0 Å². The maximum Gasteiger partial charge on any atom is 0.328 e. The van der Waals surface area contributed by atoms with E-state index in [-0.39, 0.29) is 17.8 Å². The van der Waals surface area contributed by atoms with E-state index in [1.54, 1.807) is 22.9 Å². The van der Waals surface area contributed by atoms with Crippen LogP contribution in [0.25, 0.3) is 0 Å². The van der Waals surface area contributed by atoms with Crippen LogP contribution in [0.5, 0.6) is 0 Å². The Morgan fingerprint density at radius 1 is 1.64 bits per heavy atom. The fourth-order valence-corrected chi connectivity index (χ4v) is 1.80. The molecular weight excluding hydrogens is 182 g/mol. The number of hydrogen-bond donors (Lipinski definition) is 0. The van der Waals surface area contributed by atoms with E-state index >= 15 is 0 Å². The van der Waals surface area contributed by atoms with Gasteiger partial charge in [0, 0.05) is 12.6 Å². The summed E-state index contributed by atoms with van der Waals surface area (Å²) in [6.07, 6.45) is 2.70. The summed E-state index contributed by atoms with van der Waals surface area (Å²) in [6.45, 7) is 0. The summed E-state index contributed by atoms with van der Waals surface area (Å²) in [7, 11) is 1.36. The predicted molar refractivity (Wildman–Crippen MR) is 49.0 cm³/mol. The van der Waals surface area contributed by atoms with Crippen LogP contribution in [0.2, 0.25) is 0 Å². The predicted octanol–water partition coefficient (Wildman–Crippen LogP) is 1.18. The first-order chi connectivity index (χ1) is 6.74. The minimum absolute atomic E-state index is 0.0927. The molecule has 4 nitrogen and oxygen atoms in total. The number of carbonyl (C=O) groups excluding carboxylic acids is 2. The number of Topliss-reactive ketones (excluding diaryl/α,β-unsaturated/α-hetero) is 1. The Hall–Kier alpha value is -1.58. The molecule has 1 aliphatic rings. The highest BCUT2D eigenvalue weighted by atomic mass is 16.5. The molecule has 0 bridgehead atoms. The van der Waals surface area contributed by atoms with Gasteiger partial charge >= 0.3 is 5.97 Å². The van der Waals surface area contributed by atoms with Gasteiger partial charge in [0.15, 0.2) is 5.78 Å². The van der Waals surface area contributed by atoms with Crippen LogP contribution in [0.4, 0.5) is 0 Å². The third kappa shape index (κ3) is 1.23. The number of ketones is 1. The Labute approximate surface area is 81.5 Å². The second kappa shape index (κ2) is 3.29. The third-order valence-electron chi connectivity index (χ3n) is 2.52. The lowest BCUT2D eigenvalue weighted by Gasteiger charge is -2.22. The Morgan fingerprint density at radius 2 is 2.43 bits per heavy atom. The van der Waals surface area contributed by atoms with Gasteiger partial charge in [0.25, 0.3) is 0 Å². The lowest BCUT2D eigenvalue weighted by Crippen LogP contribution is -2.28. The van der Waals surface area contributed by atoms with Gasteiger partial charge in [0.2, 0.25) is 0 Å². The van der Waals surface area contributed by atoms with E-state index in [4.69, 9.17) is 0 Å². The molecule has 1 aliphatic heterocycles. The molecule has 0 unspecified atom stereocenters. The fourth-order valence-electron chi connectivity index (χ4n) is 1.80. The van der Waals surface area contributed by atoms with Gasteiger partial charge in [-0.15, -0.1) is 0 Å². The number of methoxy groups -OCH3 is 1. The van der Waals surface area contributed by atoms with E-state index in [9.17, 15) is 9.59 Å². The molecule has 2 heterocycles. The molecule has 1 aromatic rings. The van der Waals surface area contributed by atoms with E-state index < -0.39 is 0 Å². The molecule has 1 aromatic heterocycles. The molecule has 0 saturated carbocycles. The fraction of sp³-hybridized carbons (Fsp3) is 0.400. The van der Waals surface area contributed by atoms with Gasteiger partial charge in [-0.3, -0.25) is 4.79 Å². The molecule has 14 heavy (non-hydrogen) atoms. The molecule has 4 heteroatoms. The third-order valence-corrected chi connectivity index (χ3v) is 2.52. The van der Waals surface area contributed by atoms with Gasteiger partial charge < -0.3 is 9.30 Å². The lowest BCUT2D eigenvalue weighted by atomic mass is 10.0. The summed E-state index contributed by atoms with van der Waals surface area (Å²) in [5, 5.41) is 0. The molecule has 0 aromatic carbocycles. The van der Waals surface area contributed by atoms with E-state index in [1.165, 1.54) is 7.11 Å². The smallest absolute Gasteiger partial charge is 0.328 e. The zero-order chi connectivity index (χ0) is 10.1. The van der Waals surface area contributed by atoms with Crippen LogP contribution in [-0.4, -0.2) is 23.4 Å². The van der Waals surface area contributed by atoms with E-state index in [0.29, 0.717) is 18.5 Å². The highest BCUT2D eigenvalue weighted by Gasteiger charge is 2.29. The van der Waals surface area contributed by atoms with Gasteiger partial charge in [-0.1, -0.05) is 0 Å². The maximum atomic E-state index is 11.4. The minimum Gasteiger partial charge on any atom is -0.467 e. The van der Waals surface area contributed by atoms with Crippen molar-refractivity contribution >= 4 is 11.8 Å². The number of carbonyl (C=O) groups is 2. The number of ether oxygens (including phenoxy) is 1. The van der Waals surface area contributed by atoms with Crippen molar-refractivity contribution in [1.82, 2.24) is 4.57 Å². The Morgan fingerprint density at radius 3 is 3.14 bits per heavy atom. The minimum atomic E-state index is -0.331. The van der Waals surface area contributed by atoms with E-state index in [2.05, 4.69) is 4.74 Å². The normalized spacial score (nSPS) is 20.4. The summed E-state index contributed by atoms with van der Waals surface area (Å²) < 4.78 is 6.37. The van der Waals surface area contributed by atoms with Crippen molar-refractivity contribution in [3.05, 3.63) is 24.0 Å². The molecule has 0 spiro atoms. The molecule has 0 radical (unpaired) electrons. The first-order valence-corrected chi connectivity index (χ1v) is 4.52. The summed E-state index contributed by atoms with van der Waals surface area (Å²) in [6, 6.07) is 3.18. The molecule has 74 valence electrons. The Bertz CT molecular complexity index is 380. The van der Waals surface area contributed by atoms with Gasteiger partial charge in [-0.2, -0.15) is 0 Å². The second-order valence-corrected chi connectivity index (χ2v) is 3.30. The molecule has 2 rings (SSSR count). The molecule has 0 amide bonds. The topological polar surface area (TPSA) is 48.3 Å². The zero-order valence-corrected chi connectivity index (χ0v) is 7.90. The largest absolute Gasteiger partial charge is 0.467 e. The van der Waals surface area contributed by atoms with Crippen molar-refractivity contribution in [1.29, 1.82) is 0 Å². The van der Waals surface area contributed by atoms with Crippen LogP contribution in [0.15, 0.2) is 18.3 Å². The van der Waals surface area contributed by atoms with Crippen molar-refractivity contribution in [2.45, 2.75) is 18.9 Å². The summed E-state index contributed by atoms with van der Waals surface area (Å²) in [5.41, 5.74) is 0.603. The van der Waals surface area contributed by atoms with Crippen molar-refractivity contribution in [2.75, 3.05) is 7.11 Å². The number of aromatic nitrogens is 1. The van der Waals surface area contributed by atoms with Gasteiger partial charge in [0.1, 0.15) is 6.04 Å². The standard InChI is InChI=1S/C10H11NO3/c1-14-10(13)8-4-5-9(12)7-3-2-6-11(7)8/h2-3,6,8H,4-5H2,1H3/t8-/m0/s1. The van der Waals surface area contributed by atoms with Gasteiger partial charge in [0.05, 0.1) is 12.8 Å². The maximum absolute atomic E-state index is 11.4. The van der Waals surface area contributed by atoms with Crippen LogP contribution in [0, 0.1) is 0 Å². The first kappa shape index (κ1) is 8.99. The number of fused-ring (bicyclic) bond motifs is 1. The Kier molecular flexibility index (Phi) is 2.11. The molecule has 1 atom stereocenters. The Balaban J connectivity index is 2.38. The highest BCUT2D eigenvalue weighted by Crippen LogP contribution is 2.25. The van der Waals surface area contributed by atoms with Crippen LogP contribution in [0.3, 0.4) is 0 Å². The van der Waals surface area contributed by atoms with Crippen molar-refractivity contribution in [3.63, 3.8) is 0 Å². The summed E-state index contributed by atoms with van der Waals surface area (Å²) in [5.74, 6) is -0.190. The highest BCUT2D eigenvalue weighted by molar-refractivity contribution is 5.96. The number of nitrogens with zero attached hydrogens (tertiary/aromatic N) is 1. The quantitative estimate of drug-likeness (QED) is 0.629. The number of hydrogen-bond acceptors (Lipinski definition) is 3.